The van der Waals surface area contributed by atoms with E-state index in [0.717, 1.165) is 5.56 Å². The van der Waals surface area contributed by atoms with Gasteiger partial charge in [-0.15, -0.1) is 11.3 Å². The molecule has 2 N–H and O–H groups in total. The predicted octanol–water partition coefficient (Wildman–Crippen LogP) is 4.42. The van der Waals surface area contributed by atoms with Gasteiger partial charge in [-0.05, 0) is 49.1 Å². The van der Waals surface area contributed by atoms with Crippen molar-refractivity contribution >= 4 is 34.8 Å². The van der Waals surface area contributed by atoms with E-state index in [1.54, 1.807) is 30.3 Å². The number of amides is 2. The lowest BCUT2D eigenvalue weighted by molar-refractivity contribution is -0.129. The molecule has 2 unspecified atom stereocenters. The third-order valence-corrected chi connectivity index (χ3v) is 5.28. The first-order valence-electron chi connectivity index (χ1n) is 9.45. The molecule has 2 aromatic carbocycles. The lowest BCUT2D eigenvalue weighted by atomic mass is 10.1. The zero-order valence-electron chi connectivity index (χ0n) is 16.6. The lowest BCUT2D eigenvalue weighted by Crippen LogP contribution is -2.37. The van der Waals surface area contributed by atoms with Gasteiger partial charge in [-0.2, -0.15) is 0 Å². The van der Waals surface area contributed by atoms with Crippen LogP contribution in [0.1, 0.15) is 45.5 Å². The summed E-state index contributed by atoms with van der Waals surface area (Å²) in [6.45, 7) is 3.38. The summed E-state index contributed by atoms with van der Waals surface area (Å²) in [5, 5.41) is 7.39. The zero-order chi connectivity index (χ0) is 21.5. The largest absolute Gasteiger partial charge is 0.449 e. The van der Waals surface area contributed by atoms with Crippen LogP contribution in [0.4, 0.5) is 5.69 Å². The minimum Gasteiger partial charge on any atom is -0.449 e. The summed E-state index contributed by atoms with van der Waals surface area (Å²) in [6.07, 6.45) is -0.965. The third-order valence-electron chi connectivity index (χ3n) is 4.41. The second-order valence-corrected chi connectivity index (χ2v) is 7.65. The van der Waals surface area contributed by atoms with Crippen molar-refractivity contribution < 1.29 is 19.1 Å². The molecular weight excluding hydrogens is 400 g/mol. The van der Waals surface area contributed by atoms with Crippen LogP contribution in [-0.2, 0) is 9.53 Å². The highest BCUT2D eigenvalue weighted by atomic mass is 32.1. The van der Waals surface area contributed by atoms with Crippen LogP contribution in [0.5, 0.6) is 0 Å². The highest BCUT2D eigenvalue weighted by Gasteiger charge is 2.21. The van der Waals surface area contributed by atoms with E-state index in [9.17, 15) is 14.4 Å². The van der Waals surface area contributed by atoms with Crippen molar-refractivity contribution in [3.8, 4) is 0 Å². The summed E-state index contributed by atoms with van der Waals surface area (Å²) in [6, 6.07) is 19.2. The molecule has 0 spiro atoms. The maximum absolute atomic E-state index is 12.5. The van der Waals surface area contributed by atoms with Crippen LogP contribution in [0.25, 0.3) is 0 Å². The highest BCUT2D eigenvalue weighted by Crippen LogP contribution is 2.16. The number of ether oxygens (including phenoxy) is 1. The van der Waals surface area contributed by atoms with E-state index >= 15 is 0 Å². The summed E-state index contributed by atoms with van der Waals surface area (Å²) in [5.74, 6) is -1.28. The number of carbonyl (C=O) groups is 3. The monoisotopic (exact) mass is 422 g/mol. The fourth-order valence-corrected chi connectivity index (χ4v) is 3.38. The average molecular weight is 423 g/mol. The number of rotatable bonds is 7. The number of hydrogen-bond donors (Lipinski definition) is 2. The SMILES string of the molecule is CC(OC(=O)c1cccc(NC(=O)c2cccs2)c1)C(=O)NC(C)c1ccccc1. The Morgan fingerprint density at radius 3 is 2.40 bits per heavy atom. The number of hydrogen-bond acceptors (Lipinski definition) is 5. The standard InChI is InChI=1S/C23H22N2O4S/c1-15(17-8-4-3-5-9-17)24-21(26)16(2)29-23(28)18-10-6-11-19(14-18)25-22(27)20-12-7-13-30-20/h3-16H,1-2H3,(H,24,26)(H,25,27). The fraction of sp³-hybridized carbons (Fsp3) is 0.174. The first kappa shape index (κ1) is 21.3. The molecule has 2 amide bonds. The summed E-state index contributed by atoms with van der Waals surface area (Å²) in [7, 11) is 0. The quantitative estimate of drug-likeness (QED) is 0.552. The number of thiophene rings is 1. The number of anilines is 1. The Hall–Kier alpha value is -3.45. The van der Waals surface area contributed by atoms with Gasteiger partial charge in [0.15, 0.2) is 6.10 Å². The van der Waals surface area contributed by atoms with Gasteiger partial charge in [-0.25, -0.2) is 4.79 Å². The molecule has 0 radical (unpaired) electrons. The Bertz CT molecular complexity index is 1020. The fourth-order valence-electron chi connectivity index (χ4n) is 2.76. The predicted molar refractivity (Wildman–Crippen MR) is 117 cm³/mol. The summed E-state index contributed by atoms with van der Waals surface area (Å²) in [5.41, 5.74) is 1.67. The molecule has 154 valence electrons. The van der Waals surface area contributed by atoms with Crippen molar-refractivity contribution in [1.29, 1.82) is 0 Å². The number of esters is 1. The molecule has 3 rings (SSSR count). The van der Waals surface area contributed by atoms with Gasteiger partial charge in [0.1, 0.15) is 0 Å². The van der Waals surface area contributed by atoms with Crippen LogP contribution in [0, 0.1) is 0 Å². The zero-order valence-corrected chi connectivity index (χ0v) is 17.4. The summed E-state index contributed by atoms with van der Waals surface area (Å²) < 4.78 is 5.31. The van der Waals surface area contributed by atoms with Gasteiger partial charge in [0.05, 0.1) is 16.5 Å². The lowest BCUT2D eigenvalue weighted by Gasteiger charge is -2.18. The topological polar surface area (TPSA) is 84.5 Å². The van der Waals surface area contributed by atoms with Gasteiger partial charge >= 0.3 is 5.97 Å². The first-order valence-corrected chi connectivity index (χ1v) is 10.3. The average Bonchev–Trinajstić information content (AvgIpc) is 3.29. The normalized spacial score (nSPS) is 12.5. The molecule has 30 heavy (non-hydrogen) atoms. The van der Waals surface area contributed by atoms with Crippen LogP contribution in [0.2, 0.25) is 0 Å². The third kappa shape index (κ3) is 5.55. The van der Waals surface area contributed by atoms with Crippen LogP contribution in [-0.4, -0.2) is 23.9 Å². The number of benzene rings is 2. The molecule has 0 saturated heterocycles. The Morgan fingerprint density at radius 1 is 0.933 bits per heavy atom. The van der Waals surface area contributed by atoms with Crippen molar-refractivity contribution in [2.45, 2.75) is 26.0 Å². The van der Waals surface area contributed by atoms with E-state index in [2.05, 4.69) is 10.6 Å². The van der Waals surface area contributed by atoms with Gasteiger partial charge in [0.25, 0.3) is 11.8 Å². The van der Waals surface area contributed by atoms with Gasteiger partial charge in [-0.3, -0.25) is 9.59 Å². The smallest absolute Gasteiger partial charge is 0.338 e. The van der Waals surface area contributed by atoms with E-state index in [4.69, 9.17) is 4.74 Å². The van der Waals surface area contributed by atoms with E-state index < -0.39 is 12.1 Å². The molecule has 1 aromatic heterocycles. The molecule has 0 aliphatic rings. The van der Waals surface area contributed by atoms with E-state index in [0.29, 0.717) is 10.6 Å². The Labute approximate surface area is 178 Å². The molecule has 3 aromatic rings. The van der Waals surface area contributed by atoms with Crippen molar-refractivity contribution in [3.63, 3.8) is 0 Å². The van der Waals surface area contributed by atoms with Gasteiger partial charge in [-0.1, -0.05) is 42.5 Å². The molecule has 0 aliphatic heterocycles. The Balaban J connectivity index is 1.58. The molecule has 2 atom stereocenters. The molecular formula is C23H22N2O4S. The first-order chi connectivity index (χ1) is 14.4. The van der Waals surface area contributed by atoms with Gasteiger partial charge < -0.3 is 15.4 Å². The van der Waals surface area contributed by atoms with Crippen LogP contribution >= 0.6 is 11.3 Å². The van der Waals surface area contributed by atoms with E-state index in [1.807, 2.05) is 42.6 Å². The number of carbonyl (C=O) groups excluding carboxylic acids is 3. The maximum Gasteiger partial charge on any atom is 0.338 e. The van der Waals surface area contributed by atoms with E-state index in [1.165, 1.54) is 24.3 Å². The molecule has 7 heteroatoms. The molecule has 6 nitrogen and oxygen atoms in total. The van der Waals surface area contributed by atoms with Gasteiger partial charge in [0, 0.05) is 5.69 Å². The molecule has 0 saturated carbocycles. The minimum absolute atomic E-state index is 0.212. The molecule has 1 heterocycles. The van der Waals surface area contributed by atoms with Crippen LogP contribution < -0.4 is 10.6 Å². The van der Waals surface area contributed by atoms with Gasteiger partial charge in [0.2, 0.25) is 0 Å². The van der Waals surface area contributed by atoms with E-state index in [-0.39, 0.29) is 23.4 Å². The minimum atomic E-state index is -0.965. The van der Waals surface area contributed by atoms with Crippen molar-refractivity contribution in [1.82, 2.24) is 5.32 Å². The molecule has 0 bridgehead atoms. The van der Waals surface area contributed by atoms with Crippen molar-refractivity contribution in [3.05, 3.63) is 88.1 Å². The van der Waals surface area contributed by atoms with Crippen molar-refractivity contribution in [2.24, 2.45) is 0 Å². The van der Waals surface area contributed by atoms with Crippen LogP contribution in [0.3, 0.4) is 0 Å². The van der Waals surface area contributed by atoms with Crippen molar-refractivity contribution in [2.75, 3.05) is 5.32 Å². The molecule has 0 aliphatic carbocycles. The summed E-state index contributed by atoms with van der Waals surface area (Å²) in [4.78, 5) is 37.6. The second kappa shape index (κ2) is 9.84. The highest BCUT2D eigenvalue weighted by molar-refractivity contribution is 7.12. The Kier molecular flexibility index (Phi) is 6.98. The maximum atomic E-state index is 12.5. The second-order valence-electron chi connectivity index (χ2n) is 6.70. The number of nitrogens with one attached hydrogen (secondary N) is 2. The van der Waals surface area contributed by atoms with Crippen LogP contribution in [0.15, 0.2) is 72.1 Å². The Morgan fingerprint density at radius 2 is 1.70 bits per heavy atom. The molecule has 0 fully saturated rings. The summed E-state index contributed by atoms with van der Waals surface area (Å²) >= 11 is 1.33.